The number of rotatable bonds is 6. The molecule has 0 aromatic heterocycles. The predicted molar refractivity (Wildman–Crippen MR) is 60.3 cm³/mol. The minimum atomic E-state index is 0.00968. The molecule has 0 aliphatic heterocycles. The van der Waals surface area contributed by atoms with Crippen molar-refractivity contribution in [3.05, 3.63) is 23.8 Å². The SMILES string of the molecule is COc1cc(C=O)ccc1OCC(C)OC. The number of methoxy groups -OCH3 is 2. The fourth-order valence-corrected chi connectivity index (χ4v) is 1.15. The van der Waals surface area contributed by atoms with Crippen molar-refractivity contribution in [2.75, 3.05) is 20.8 Å². The van der Waals surface area contributed by atoms with Crippen molar-refractivity contribution >= 4 is 6.29 Å². The summed E-state index contributed by atoms with van der Waals surface area (Å²) in [5.74, 6) is 1.16. The van der Waals surface area contributed by atoms with E-state index in [4.69, 9.17) is 14.2 Å². The number of hydrogen-bond donors (Lipinski definition) is 0. The van der Waals surface area contributed by atoms with Crippen molar-refractivity contribution in [1.29, 1.82) is 0 Å². The van der Waals surface area contributed by atoms with Crippen LogP contribution in [0.2, 0.25) is 0 Å². The Morgan fingerprint density at radius 1 is 1.31 bits per heavy atom. The van der Waals surface area contributed by atoms with Gasteiger partial charge in [0.1, 0.15) is 12.9 Å². The Labute approximate surface area is 95.1 Å². The zero-order valence-electron chi connectivity index (χ0n) is 9.73. The highest BCUT2D eigenvalue weighted by Gasteiger charge is 2.07. The van der Waals surface area contributed by atoms with Gasteiger partial charge >= 0.3 is 0 Å². The molecule has 0 aliphatic rings. The van der Waals surface area contributed by atoms with Crippen molar-refractivity contribution in [2.24, 2.45) is 0 Å². The van der Waals surface area contributed by atoms with Gasteiger partial charge in [0, 0.05) is 12.7 Å². The molecule has 0 spiro atoms. The van der Waals surface area contributed by atoms with Gasteiger partial charge in [-0.15, -0.1) is 0 Å². The van der Waals surface area contributed by atoms with E-state index in [1.165, 1.54) is 7.11 Å². The fourth-order valence-electron chi connectivity index (χ4n) is 1.15. The van der Waals surface area contributed by atoms with Gasteiger partial charge in [0.2, 0.25) is 0 Å². The summed E-state index contributed by atoms with van der Waals surface area (Å²) >= 11 is 0. The van der Waals surface area contributed by atoms with Crippen LogP contribution in [0.5, 0.6) is 11.5 Å². The molecule has 4 heteroatoms. The van der Waals surface area contributed by atoms with E-state index in [0.717, 1.165) is 6.29 Å². The Kier molecular flexibility index (Phi) is 4.79. The van der Waals surface area contributed by atoms with Crippen molar-refractivity contribution in [1.82, 2.24) is 0 Å². The average Bonchev–Trinajstić information content (AvgIpc) is 2.35. The Hall–Kier alpha value is -1.55. The lowest BCUT2D eigenvalue weighted by atomic mass is 10.2. The molecular formula is C12H16O4. The van der Waals surface area contributed by atoms with Crippen LogP contribution in [0.4, 0.5) is 0 Å². The smallest absolute Gasteiger partial charge is 0.161 e. The molecule has 1 unspecified atom stereocenters. The second-order valence-corrected chi connectivity index (χ2v) is 3.39. The van der Waals surface area contributed by atoms with Crippen molar-refractivity contribution < 1.29 is 19.0 Å². The molecule has 0 aliphatic carbocycles. The molecule has 0 N–H and O–H groups in total. The van der Waals surface area contributed by atoms with Crippen LogP contribution >= 0.6 is 0 Å². The van der Waals surface area contributed by atoms with E-state index in [0.29, 0.717) is 23.7 Å². The summed E-state index contributed by atoms with van der Waals surface area (Å²) in [5.41, 5.74) is 0.559. The number of aldehydes is 1. The van der Waals surface area contributed by atoms with Gasteiger partial charge < -0.3 is 14.2 Å². The highest BCUT2D eigenvalue weighted by atomic mass is 16.5. The lowest BCUT2D eigenvalue weighted by Crippen LogP contribution is -2.16. The normalized spacial score (nSPS) is 11.9. The van der Waals surface area contributed by atoms with E-state index in [1.807, 2.05) is 6.92 Å². The van der Waals surface area contributed by atoms with E-state index < -0.39 is 0 Å². The Morgan fingerprint density at radius 3 is 2.62 bits per heavy atom. The van der Waals surface area contributed by atoms with E-state index in [-0.39, 0.29) is 6.10 Å². The van der Waals surface area contributed by atoms with E-state index in [1.54, 1.807) is 25.3 Å². The predicted octanol–water partition coefficient (Wildman–Crippen LogP) is 1.92. The second-order valence-electron chi connectivity index (χ2n) is 3.39. The number of benzene rings is 1. The first kappa shape index (κ1) is 12.5. The van der Waals surface area contributed by atoms with Gasteiger partial charge in [0.25, 0.3) is 0 Å². The maximum atomic E-state index is 10.6. The Morgan fingerprint density at radius 2 is 2.06 bits per heavy atom. The molecular weight excluding hydrogens is 208 g/mol. The van der Waals surface area contributed by atoms with Gasteiger partial charge in [0.15, 0.2) is 11.5 Å². The fraction of sp³-hybridized carbons (Fsp3) is 0.417. The Bertz CT molecular complexity index is 349. The lowest BCUT2D eigenvalue weighted by molar-refractivity contribution is 0.0706. The number of ether oxygens (including phenoxy) is 3. The topological polar surface area (TPSA) is 44.8 Å². The first-order valence-corrected chi connectivity index (χ1v) is 5.00. The van der Waals surface area contributed by atoms with Gasteiger partial charge in [0.05, 0.1) is 13.2 Å². The maximum Gasteiger partial charge on any atom is 0.161 e. The van der Waals surface area contributed by atoms with Gasteiger partial charge in [-0.2, -0.15) is 0 Å². The van der Waals surface area contributed by atoms with Crippen LogP contribution in [0.1, 0.15) is 17.3 Å². The lowest BCUT2D eigenvalue weighted by Gasteiger charge is -2.14. The van der Waals surface area contributed by atoms with Crippen molar-refractivity contribution in [3.63, 3.8) is 0 Å². The summed E-state index contributed by atoms with van der Waals surface area (Å²) in [7, 11) is 3.16. The first-order valence-electron chi connectivity index (χ1n) is 5.00. The quantitative estimate of drug-likeness (QED) is 0.692. The van der Waals surface area contributed by atoms with E-state index in [9.17, 15) is 4.79 Å². The molecule has 1 aromatic rings. The van der Waals surface area contributed by atoms with Gasteiger partial charge in [-0.3, -0.25) is 4.79 Å². The molecule has 0 saturated heterocycles. The van der Waals surface area contributed by atoms with Gasteiger partial charge in [-0.25, -0.2) is 0 Å². The van der Waals surface area contributed by atoms with Crippen LogP contribution in [-0.2, 0) is 4.74 Å². The molecule has 88 valence electrons. The zero-order chi connectivity index (χ0) is 12.0. The third-order valence-corrected chi connectivity index (χ3v) is 2.20. The van der Waals surface area contributed by atoms with E-state index in [2.05, 4.69) is 0 Å². The summed E-state index contributed by atoms with van der Waals surface area (Å²) in [4.78, 5) is 10.6. The molecule has 0 saturated carbocycles. The second kappa shape index (κ2) is 6.12. The van der Waals surface area contributed by atoms with Crippen LogP contribution in [0.25, 0.3) is 0 Å². The molecule has 4 nitrogen and oxygen atoms in total. The highest BCUT2D eigenvalue weighted by Crippen LogP contribution is 2.27. The number of carbonyl (C=O) groups is 1. The third kappa shape index (κ3) is 3.24. The largest absolute Gasteiger partial charge is 0.493 e. The molecule has 1 aromatic carbocycles. The van der Waals surface area contributed by atoms with E-state index >= 15 is 0 Å². The minimum Gasteiger partial charge on any atom is -0.493 e. The van der Waals surface area contributed by atoms with Crippen molar-refractivity contribution in [2.45, 2.75) is 13.0 Å². The Balaban J connectivity index is 2.75. The molecule has 0 bridgehead atoms. The molecule has 1 rings (SSSR count). The number of carbonyl (C=O) groups excluding carboxylic acids is 1. The van der Waals surface area contributed by atoms with Crippen LogP contribution in [-0.4, -0.2) is 33.2 Å². The summed E-state index contributed by atoms with van der Waals surface area (Å²) in [6.45, 7) is 2.35. The van der Waals surface area contributed by atoms with Gasteiger partial charge in [-0.05, 0) is 25.1 Å². The average molecular weight is 224 g/mol. The summed E-state index contributed by atoms with van der Waals surface area (Å²) in [6, 6.07) is 5.03. The van der Waals surface area contributed by atoms with Crippen LogP contribution in [0, 0.1) is 0 Å². The third-order valence-electron chi connectivity index (χ3n) is 2.20. The molecule has 0 amide bonds. The summed E-state index contributed by atoms with van der Waals surface area (Å²) in [6.07, 6.45) is 0.778. The van der Waals surface area contributed by atoms with Crippen molar-refractivity contribution in [3.8, 4) is 11.5 Å². The summed E-state index contributed by atoms with van der Waals surface area (Å²) < 4.78 is 15.7. The van der Waals surface area contributed by atoms with Crippen LogP contribution in [0.3, 0.4) is 0 Å². The zero-order valence-corrected chi connectivity index (χ0v) is 9.73. The van der Waals surface area contributed by atoms with Crippen LogP contribution in [0.15, 0.2) is 18.2 Å². The highest BCUT2D eigenvalue weighted by molar-refractivity contribution is 5.76. The number of hydrogen-bond acceptors (Lipinski definition) is 4. The molecule has 16 heavy (non-hydrogen) atoms. The standard InChI is InChI=1S/C12H16O4/c1-9(14-2)8-16-11-5-4-10(7-13)6-12(11)15-3/h4-7,9H,8H2,1-3H3. The van der Waals surface area contributed by atoms with Gasteiger partial charge in [-0.1, -0.05) is 0 Å². The van der Waals surface area contributed by atoms with Crippen LogP contribution < -0.4 is 9.47 Å². The first-order chi connectivity index (χ1) is 7.71. The molecule has 0 radical (unpaired) electrons. The maximum absolute atomic E-state index is 10.6. The molecule has 1 atom stereocenters. The summed E-state index contributed by atoms with van der Waals surface area (Å²) in [5, 5.41) is 0. The molecule has 0 heterocycles. The molecule has 0 fully saturated rings. The minimum absolute atomic E-state index is 0.00968. The monoisotopic (exact) mass is 224 g/mol.